The van der Waals surface area contributed by atoms with E-state index in [9.17, 15) is 23.3 Å². The molecule has 3 aromatic rings. The van der Waals surface area contributed by atoms with Gasteiger partial charge in [-0.1, -0.05) is 6.07 Å². The summed E-state index contributed by atoms with van der Waals surface area (Å²) in [6.45, 7) is 6.55. The molecule has 2 aromatic carbocycles. The summed E-state index contributed by atoms with van der Waals surface area (Å²) in [4.78, 5) is 26.8. The number of hydrogen-bond donors (Lipinski definition) is 2. The topological polar surface area (TPSA) is 131 Å². The molecule has 2 N–H and O–H groups in total. The third kappa shape index (κ3) is 5.55. The van der Waals surface area contributed by atoms with Gasteiger partial charge in [0.05, 0.1) is 14.7 Å². The van der Waals surface area contributed by atoms with Gasteiger partial charge in [0.25, 0.3) is 5.69 Å². The predicted octanol–water partition coefficient (Wildman–Crippen LogP) is 4.42. The SMILES string of the molecule is CC(=O)Nc1ccc(-c2cnc(-c3ccc([N+](=O)[O-])cc3)s2)c(S(=O)(=O)NC(C)(C)C)c1. The second kappa shape index (κ2) is 8.77. The van der Waals surface area contributed by atoms with Crippen LogP contribution in [0.1, 0.15) is 27.7 Å². The monoisotopic (exact) mass is 474 g/mol. The minimum Gasteiger partial charge on any atom is -0.326 e. The maximum atomic E-state index is 13.2. The van der Waals surface area contributed by atoms with Gasteiger partial charge in [-0.05, 0) is 45.0 Å². The summed E-state index contributed by atoms with van der Waals surface area (Å²) < 4.78 is 28.9. The summed E-state index contributed by atoms with van der Waals surface area (Å²) in [6, 6.07) is 10.6. The Morgan fingerprint density at radius 3 is 2.34 bits per heavy atom. The summed E-state index contributed by atoms with van der Waals surface area (Å²) >= 11 is 1.26. The molecule has 0 saturated carbocycles. The maximum Gasteiger partial charge on any atom is 0.269 e. The number of carbonyl (C=O) groups excluding carboxylic acids is 1. The van der Waals surface area contributed by atoms with Gasteiger partial charge < -0.3 is 5.32 Å². The number of nitro benzene ring substituents is 1. The summed E-state index contributed by atoms with van der Waals surface area (Å²) in [5, 5.41) is 14.1. The lowest BCUT2D eigenvalue weighted by atomic mass is 10.1. The van der Waals surface area contributed by atoms with Gasteiger partial charge in [0.1, 0.15) is 5.01 Å². The number of hydrogen-bond acceptors (Lipinski definition) is 7. The van der Waals surface area contributed by atoms with E-state index < -0.39 is 20.5 Å². The number of aromatic nitrogens is 1. The van der Waals surface area contributed by atoms with E-state index in [2.05, 4.69) is 15.0 Å². The highest BCUT2D eigenvalue weighted by Gasteiger charge is 2.26. The van der Waals surface area contributed by atoms with Crippen molar-refractivity contribution in [2.24, 2.45) is 0 Å². The number of anilines is 1. The zero-order chi connectivity index (χ0) is 23.7. The standard InChI is InChI=1S/C21H22N4O5S2/c1-13(26)23-15-7-10-17(19(11-15)32(29,30)24-21(2,3)4)18-12-22-20(31-18)14-5-8-16(9-6-14)25(27)28/h5-12,24H,1-4H3,(H,23,26). The average molecular weight is 475 g/mol. The highest BCUT2D eigenvalue weighted by atomic mass is 32.2. The van der Waals surface area contributed by atoms with Crippen LogP contribution in [0.25, 0.3) is 21.0 Å². The molecule has 0 unspecified atom stereocenters. The molecule has 168 valence electrons. The number of amides is 1. The fourth-order valence-corrected chi connectivity index (χ4v) is 5.64. The fraction of sp³-hybridized carbons (Fsp3) is 0.238. The Bertz CT molecular complexity index is 1280. The van der Waals surface area contributed by atoms with Crippen LogP contribution in [0.3, 0.4) is 0 Å². The molecule has 0 spiro atoms. The number of thiazole rings is 1. The minimum absolute atomic E-state index is 0.0116. The Kier molecular flexibility index (Phi) is 6.44. The van der Waals surface area contributed by atoms with E-state index in [0.717, 1.165) is 0 Å². The molecule has 0 aliphatic heterocycles. The van der Waals surface area contributed by atoms with E-state index in [4.69, 9.17) is 0 Å². The van der Waals surface area contributed by atoms with Crippen LogP contribution in [0.15, 0.2) is 53.6 Å². The van der Waals surface area contributed by atoms with Crippen LogP contribution in [0, 0.1) is 10.1 Å². The zero-order valence-corrected chi connectivity index (χ0v) is 19.5. The van der Waals surface area contributed by atoms with Gasteiger partial charge in [-0.15, -0.1) is 11.3 Å². The van der Waals surface area contributed by atoms with Gasteiger partial charge in [-0.3, -0.25) is 14.9 Å². The quantitative estimate of drug-likeness (QED) is 0.402. The molecule has 1 amide bonds. The van der Waals surface area contributed by atoms with Crippen LogP contribution in [0.2, 0.25) is 0 Å². The van der Waals surface area contributed by atoms with Crippen molar-refractivity contribution in [3.05, 3.63) is 58.8 Å². The number of non-ortho nitro benzene ring substituents is 1. The van der Waals surface area contributed by atoms with Crippen LogP contribution in [-0.4, -0.2) is 29.8 Å². The highest BCUT2D eigenvalue weighted by molar-refractivity contribution is 7.89. The Balaban J connectivity index is 2.07. The van der Waals surface area contributed by atoms with Crippen molar-refractivity contribution in [3.63, 3.8) is 0 Å². The number of benzene rings is 2. The molecule has 32 heavy (non-hydrogen) atoms. The minimum atomic E-state index is -3.92. The molecule has 11 heteroatoms. The van der Waals surface area contributed by atoms with Gasteiger partial charge in [0, 0.05) is 47.6 Å². The molecule has 1 aromatic heterocycles. The molecule has 9 nitrogen and oxygen atoms in total. The largest absolute Gasteiger partial charge is 0.326 e. The molecule has 3 rings (SSSR count). The summed E-state index contributed by atoms with van der Waals surface area (Å²) in [7, 11) is -3.92. The van der Waals surface area contributed by atoms with E-state index in [1.54, 1.807) is 51.2 Å². The van der Waals surface area contributed by atoms with E-state index in [1.807, 2.05) is 0 Å². The summed E-state index contributed by atoms with van der Waals surface area (Å²) in [5.41, 5.74) is 0.731. The van der Waals surface area contributed by atoms with Gasteiger partial charge in [0.2, 0.25) is 15.9 Å². The average Bonchev–Trinajstić information content (AvgIpc) is 3.16. The normalized spacial score (nSPS) is 11.9. The van der Waals surface area contributed by atoms with Crippen molar-refractivity contribution in [2.75, 3.05) is 5.32 Å². The lowest BCUT2D eigenvalue weighted by Crippen LogP contribution is -2.40. The van der Waals surface area contributed by atoms with Crippen LogP contribution in [0.4, 0.5) is 11.4 Å². The molecule has 0 aliphatic rings. The molecule has 0 radical (unpaired) electrons. The first-order chi connectivity index (χ1) is 14.9. The summed E-state index contributed by atoms with van der Waals surface area (Å²) in [5.74, 6) is -0.317. The molecule has 0 atom stereocenters. The predicted molar refractivity (Wildman–Crippen MR) is 124 cm³/mol. The van der Waals surface area contributed by atoms with E-state index in [1.165, 1.54) is 36.5 Å². The number of carbonyl (C=O) groups is 1. The first kappa shape index (κ1) is 23.5. The number of nitrogens with one attached hydrogen (secondary N) is 2. The van der Waals surface area contributed by atoms with Crippen molar-refractivity contribution in [1.29, 1.82) is 0 Å². The Labute approximate surface area is 189 Å². The lowest BCUT2D eigenvalue weighted by molar-refractivity contribution is -0.384. The molecular weight excluding hydrogens is 452 g/mol. The van der Waals surface area contributed by atoms with Crippen molar-refractivity contribution in [1.82, 2.24) is 9.71 Å². The van der Waals surface area contributed by atoms with Crippen molar-refractivity contribution in [3.8, 4) is 21.0 Å². The third-order valence-corrected chi connectivity index (χ3v) is 7.01. The van der Waals surface area contributed by atoms with Crippen LogP contribution in [-0.2, 0) is 14.8 Å². The first-order valence-corrected chi connectivity index (χ1v) is 11.8. The maximum absolute atomic E-state index is 13.2. The Hall–Kier alpha value is -3.15. The van der Waals surface area contributed by atoms with E-state index in [-0.39, 0.29) is 16.5 Å². The number of nitro groups is 1. The lowest BCUT2D eigenvalue weighted by Gasteiger charge is -2.22. The van der Waals surface area contributed by atoms with Crippen LogP contribution >= 0.6 is 11.3 Å². The van der Waals surface area contributed by atoms with Gasteiger partial charge >= 0.3 is 0 Å². The van der Waals surface area contributed by atoms with Crippen LogP contribution in [0.5, 0.6) is 0 Å². The Morgan fingerprint density at radius 1 is 1.12 bits per heavy atom. The van der Waals surface area contributed by atoms with Crippen LogP contribution < -0.4 is 10.0 Å². The smallest absolute Gasteiger partial charge is 0.269 e. The molecule has 1 heterocycles. The molecule has 0 saturated heterocycles. The third-order valence-electron chi connectivity index (χ3n) is 4.13. The summed E-state index contributed by atoms with van der Waals surface area (Å²) in [6.07, 6.45) is 1.56. The Morgan fingerprint density at radius 2 is 1.78 bits per heavy atom. The molecule has 0 bridgehead atoms. The molecule has 0 aliphatic carbocycles. The second-order valence-electron chi connectivity index (χ2n) is 8.08. The first-order valence-electron chi connectivity index (χ1n) is 9.52. The van der Waals surface area contributed by atoms with Crippen molar-refractivity contribution >= 4 is 38.6 Å². The number of rotatable bonds is 6. The highest BCUT2D eigenvalue weighted by Crippen LogP contribution is 2.37. The number of nitrogens with zero attached hydrogens (tertiary/aromatic N) is 2. The van der Waals surface area contributed by atoms with Crippen molar-refractivity contribution in [2.45, 2.75) is 38.1 Å². The zero-order valence-electron chi connectivity index (χ0n) is 17.9. The second-order valence-corrected chi connectivity index (χ2v) is 10.8. The van der Waals surface area contributed by atoms with Gasteiger partial charge in [-0.2, -0.15) is 0 Å². The van der Waals surface area contributed by atoms with Gasteiger partial charge in [-0.25, -0.2) is 18.1 Å². The fourth-order valence-electron chi connectivity index (χ4n) is 2.95. The van der Waals surface area contributed by atoms with Crippen molar-refractivity contribution < 1.29 is 18.1 Å². The molecular formula is C21H22N4O5S2. The van der Waals surface area contributed by atoms with E-state index in [0.29, 0.717) is 26.7 Å². The van der Waals surface area contributed by atoms with E-state index >= 15 is 0 Å². The van der Waals surface area contributed by atoms with Gasteiger partial charge in [0.15, 0.2) is 0 Å². The number of sulfonamides is 1. The molecule has 0 fully saturated rings.